The number of rotatable bonds is 6. The largest absolute Gasteiger partial charge is 0.485 e. The van der Waals surface area contributed by atoms with Crippen LogP contribution in [0, 0.1) is 10.1 Å². The molecule has 0 atom stereocenters. The molecule has 0 aliphatic carbocycles. The van der Waals surface area contributed by atoms with Gasteiger partial charge >= 0.3 is 5.69 Å². The van der Waals surface area contributed by atoms with Gasteiger partial charge in [-0.15, -0.1) is 0 Å². The Hall–Kier alpha value is -2.15. The summed E-state index contributed by atoms with van der Waals surface area (Å²) in [6.07, 6.45) is 0. The molecule has 3 N–H and O–H groups in total. The Bertz CT molecular complexity index is 448. The maximum absolute atomic E-state index is 11.6. The number of hydrogen-bond donors (Lipinski definition) is 2. The van der Waals surface area contributed by atoms with Gasteiger partial charge in [-0.2, -0.15) is 0 Å². The number of carbonyl (C=O) groups excluding carboxylic acids is 1. The van der Waals surface area contributed by atoms with Crippen LogP contribution in [0.15, 0.2) is 18.2 Å². The molecular formula is C11H15N3O4. The molecule has 0 heterocycles. The van der Waals surface area contributed by atoms with Crippen LogP contribution in [0.25, 0.3) is 0 Å². The highest BCUT2D eigenvalue weighted by Gasteiger charge is 2.17. The summed E-state index contributed by atoms with van der Waals surface area (Å²) in [7, 11) is 0. The molecule has 0 radical (unpaired) electrons. The van der Waals surface area contributed by atoms with Crippen molar-refractivity contribution in [3.8, 4) is 5.75 Å². The molecule has 0 saturated heterocycles. The Labute approximate surface area is 104 Å². The summed E-state index contributed by atoms with van der Waals surface area (Å²) < 4.78 is 5.17. The molecule has 7 nitrogen and oxygen atoms in total. The molecule has 0 saturated carbocycles. The van der Waals surface area contributed by atoms with Crippen LogP contribution in [0.5, 0.6) is 5.75 Å². The van der Waals surface area contributed by atoms with Crippen molar-refractivity contribution >= 4 is 11.6 Å². The van der Waals surface area contributed by atoms with Crippen molar-refractivity contribution in [1.29, 1.82) is 0 Å². The van der Waals surface area contributed by atoms with Crippen LogP contribution in [0.2, 0.25) is 0 Å². The molecule has 1 aromatic rings. The van der Waals surface area contributed by atoms with E-state index in [9.17, 15) is 14.9 Å². The van der Waals surface area contributed by atoms with Gasteiger partial charge in [0, 0.05) is 30.8 Å². The lowest BCUT2D eigenvalue weighted by Crippen LogP contribution is -2.22. The van der Waals surface area contributed by atoms with Crippen LogP contribution in [0.3, 0.4) is 0 Å². The van der Waals surface area contributed by atoms with Gasteiger partial charge in [-0.25, -0.2) is 0 Å². The quantitative estimate of drug-likeness (QED) is 0.572. The Kier molecular flexibility index (Phi) is 5.06. The molecule has 0 unspecified atom stereocenters. The van der Waals surface area contributed by atoms with Gasteiger partial charge in [0.25, 0.3) is 5.91 Å². The molecule has 1 amide bonds. The second-order valence-electron chi connectivity index (χ2n) is 3.44. The van der Waals surface area contributed by atoms with Gasteiger partial charge in [-0.3, -0.25) is 14.9 Å². The minimum atomic E-state index is -0.562. The normalized spacial score (nSPS) is 9.89. The predicted molar refractivity (Wildman–Crippen MR) is 65.7 cm³/mol. The third-order valence-electron chi connectivity index (χ3n) is 2.13. The van der Waals surface area contributed by atoms with Gasteiger partial charge in [0.1, 0.15) is 6.61 Å². The topological polar surface area (TPSA) is 107 Å². The molecule has 0 bridgehead atoms. The molecule has 0 spiro atoms. The van der Waals surface area contributed by atoms with Crippen molar-refractivity contribution in [1.82, 2.24) is 5.32 Å². The fraction of sp³-hybridized carbons (Fsp3) is 0.364. The number of nitrogens with two attached hydrogens (primary N) is 1. The van der Waals surface area contributed by atoms with Crippen molar-refractivity contribution in [2.45, 2.75) is 6.92 Å². The lowest BCUT2D eigenvalue weighted by molar-refractivity contribution is -0.385. The molecule has 0 aromatic heterocycles. The van der Waals surface area contributed by atoms with Gasteiger partial charge in [-0.1, -0.05) is 0 Å². The number of nitro groups is 1. The molecule has 1 rings (SSSR count). The van der Waals surface area contributed by atoms with Crippen molar-refractivity contribution in [3.05, 3.63) is 33.9 Å². The zero-order chi connectivity index (χ0) is 13.5. The summed E-state index contributed by atoms with van der Waals surface area (Å²) in [5.41, 5.74) is 5.40. The Morgan fingerprint density at radius 3 is 2.83 bits per heavy atom. The number of carbonyl (C=O) groups is 1. The van der Waals surface area contributed by atoms with E-state index in [1.165, 1.54) is 18.2 Å². The number of benzene rings is 1. The Morgan fingerprint density at radius 2 is 2.28 bits per heavy atom. The third-order valence-corrected chi connectivity index (χ3v) is 2.13. The second kappa shape index (κ2) is 6.55. The van der Waals surface area contributed by atoms with Gasteiger partial charge in [0.05, 0.1) is 4.92 Å². The van der Waals surface area contributed by atoms with Crippen LogP contribution in [-0.4, -0.2) is 30.5 Å². The summed E-state index contributed by atoms with van der Waals surface area (Å²) >= 11 is 0. The Balaban J connectivity index is 3.04. The van der Waals surface area contributed by atoms with E-state index in [1.54, 1.807) is 6.92 Å². The average Bonchev–Trinajstić information content (AvgIpc) is 2.36. The minimum Gasteiger partial charge on any atom is -0.485 e. The van der Waals surface area contributed by atoms with Crippen molar-refractivity contribution in [3.63, 3.8) is 0 Å². The van der Waals surface area contributed by atoms with E-state index in [4.69, 9.17) is 10.5 Å². The maximum Gasteiger partial charge on any atom is 0.310 e. The fourth-order valence-corrected chi connectivity index (χ4v) is 1.35. The molecule has 98 valence electrons. The van der Waals surface area contributed by atoms with E-state index in [1.807, 2.05) is 0 Å². The number of nitrogens with zero attached hydrogens (tertiary/aromatic N) is 1. The average molecular weight is 253 g/mol. The van der Waals surface area contributed by atoms with Crippen LogP contribution in [0.1, 0.15) is 17.3 Å². The summed E-state index contributed by atoms with van der Waals surface area (Å²) in [5.74, 6) is -0.251. The van der Waals surface area contributed by atoms with Crippen LogP contribution >= 0.6 is 0 Å². The van der Waals surface area contributed by atoms with Gasteiger partial charge in [0.2, 0.25) is 0 Å². The second-order valence-corrected chi connectivity index (χ2v) is 3.44. The first-order valence-electron chi connectivity index (χ1n) is 5.49. The van der Waals surface area contributed by atoms with Crippen LogP contribution in [0.4, 0.5) is 5.69 Å². The zero-order valence-electron chi connectivity index (χ0n) is 10.0. The highest BCUT2D eigenvalue weighted by atomic mass is 16.6. The van der Waals surface area contributed by atoms with Gasteiger partial charge in [0.15, 0.2) is 5.75 Å². The molecule has 0 fully saturated rings. The van der Waals surface area contributed by atoms with Crippen molar-refractivity contribution in [2.75, 3.05) is 19.7 Å². The van der Waals surface area contributed by atoms with Crippen molar-refractivity contribution < 1.29 is 14.5 Å². The first kappa shape index (κ1) is 13.9. The first-order valence-corrected chi connectivity index (χ1v) is 5.49. The van der Waals surface area contributed by atoms with E-state index >= 15 is 0 Å². The maximum atomic E-state index is 11.6. The lowest BCUT2D eigenvalue weighted by Gasteiger charge is -2.07. The Morgan fingerprint density at radius 1 is 1.56 bits per heavy atom. The highest BCUT2D eigenvalue weighted by Crippen LogP contribution is 2.27. The zero-order valence-corrected chi connectivity index (χ0v) is 10.0. The molecule has 0 aliphatic rings. The van der Waals surface area contributed by atoms with Crippen LogP contribution in [-0.2, 0) is 0 Å². The predicted octanol–water partition coefficient (Wildman–Crippen LogP) is 0.682. The molecular weight excluding hydrogens is 238 g/mol. The summed E-state index contributed by atoms with van der Waals surface area (Å²) in [6.45, 7) is 2.66. The minimum absolute atomic E-state index is 0.0502. The van der Waals surface area contributed by atoms with E-state index in [0.29, 0.717) is 12.1 Å². The molecule has 0 aliphatic heterocycles. The number of nitrogens with one attached hydrogen (secondary N) is 1. The number of amides is 1. The third kappa shape index (κ3) is 3.42. The lowest BCUT2D eigenvalue weighted by atomic mass is 10.1. The smallest absolute Gasteiger partial charge is 0.310 e. The molecule has 7 heteroatoms. The summed E-state index contributed by atoms with van der Waals surface area (Å²) in [6, 6.07) is 3.98. The number of ether oxygens (including phenoxy) is 1. The van der Waals surface area contributed by atoms with E-state index in [0.717, 1.165) is 0 Å². The first-order chi connectivity index (χ1) is 8.60. The van der Waals surface area contributed by atoms with Crippen LogP contribution < -0.4 is 15.8 Å². The summed E-state index contributed by atoms with van der Waals surface area (Å²) in [4.78, 5) is 21.8. The SMILES string of the molecule is CCNC(=O)c1ccc([N+](=O)[O-])c(OCCN)c1. The highest BCUT2D eigenvalue weighted by molar-refractivity contribution is 5.95. The van der Waals surface area contributed by atoms with Gasteiger partial charge in [-0.05, 0) is 13.0 Å². The van der Waals surface area contributed by atoms with Gasteiger partial charge < -0.3 is 15.8 Å². The van der Waals surface area contributed by atoms with Crippen molar-refractivity contribution in [2.24, 2.45) is 5.73 Å². The number of hydrogen-bond acceptors (Lipinski definition) is 5. The van der Waals surface area contributed by atoms with E-state index in [-0.39, 0.29) is 30.5 Å². The fourth-order valence-electron chi connectivity index (χ4n) is 1.35. The number of nitro benzene ring substituents is 1. The molecule has 1 aromatic carbocycles. The summed E-state index contributed by atoms with van der Waals surface area (Å²) in [5, 5.41) is 13.4. The standard InChI is InChI=1S/C11H15N3O4/c1-2-13-11(15)8-3-4-9(14(16)17)10(7-8)18-6-5-12/h3-4,7H,2,5-6,12H2,1H3,(H,13,15). The van der Waals surface area contributed by atoms with E-state index < -0.39 is 4.92 Å². The molecule has 18 heavy (non-hydrogen) atoms. The van der Waals surface area contributed by atoms with E-state index in [2.05, 4.69) is 5.32 Å². The monoisotopic (exact) mass is 253 g/mol.